The van der Waals surface area contributed by atoms with Crippen molar-refractivity contribution < 1.29 is 14.6 Å². The molecule has 0 saturated carbocycles. The molecule has 0 amide bonds. The summed E-state index contributed by atoms with van der Waals surface area (Å²) in [6.45, 7) is 4.44. The van der Waals surface area contributed by atoms with Crippen LogP contribution in [-0.2, 0) is 11.2 Å². The van der Waals surface area contributed by atoms with Gasteiger partial charge in [0.05, 0.1) is 5.69 Å². The predicted molar refractivity (Wildman–Crippen MR) is 73.7 cm³/mol. The van der Waals surface area contributed by atoms with Gasteiger partial charge in [-0.05, 0) is 59.0 Å². The third-order valence-electron chi connectivity index (χ3n) is 2.74. The maximum absolute atomic E-state index is 10.6. The predicted octanol–water partition coefficient (Wildman–Crippen LogP) is 1.66. The van der Waals surface area contributed by atoms with Gasteiger partial charge in [-0.25, -0.2) is 4.79 Å². The van der Waals surface area contributed by atoms with Gasteiger partial charge < -0.3 is 14.7 Å². The molecule has 0 unspecified atom stereocenters. The third kappa shape index (κ3) is 5.26. The van der Waals surface area contributed by atoms with Crippen LogP contribution < -0.4 is 4.74 Å². The van der Waals surface area contributed by atoms with Gasteiger partial charge in [-0.1, -0.05) is 0 Å². The minimum absolute atomic E-state index is 0.327. The quantitative estimate of drug-likeness (QED) is 0.813. The molecule has 0 radical (unpaired) electrons. The first-order valence-electron chi connectivity index (χ1n) is 6.36. The maximum atomic E-state index is 10.6. The Bertz CT molecular complexity index is 445. The largest absolute Gasteiger partial charge is 0.480 e. The molecule has 5 nitrogen and oxygen atoms in total. The molecule has 19 heavy (non-hydrogen) atoms. The molecular formula is C14H22N2O3. The molecule has 1 N–H and O–H groups in total. The van der Waals surface area contributed by atoms with Gasteiger partial charge in [-0.15, -0.1) is 0 Å². The molecule has 1 rings (SSSR count). The smallest absolute Gasteiger partial charge is 0.341 e. The molecule has 1 aromatic heterocycles. The number of rotatable bonds is 7. The standard InChI is InChI=1S/C14H22N2O3/c1-10-8-12(6-5-7-16(3)4)14(11(2)15-10)19-9-13(17)18/h8H,5-7,9H2,1-4H3,(H,17,18). The monoisotopic (exact) mass is 266 g/mol. The van der Waals surface area contributed by atoms with Crippen molar-refractivity contribution in [3.8, 4) is 5.75 Å². The van der Waals surface area contributed by atoms with Crippen molar-refractivity contribution >= 4 is 5.97 Å². The van der Waals surface area contributed by atoms with Gasteiger partial charge in [0, 0.05) is 5.69 Å². The van der Waals surface area contributed by atoms with E-state index in [9.17, 15) is 4.79 Å². The Labute approximate surface area is 114 Å². The van der Waals surface area contributed by atoms with Crippen molar-refractivity contribution in [3.05, 3.63) is 23.0 Å². The number of aliphatic carboxylic acids is 1. The first-order chi connectivity index (χ1) is 8.90. The molecule has 0 aliphatic heterocycles. The lowest BCUT2D eigenvalue weighted by Gasteiger charge is -2.14. The van der Waals surface area contributed by atoms with E-state index < -0.39 is 5.97 Å². The number of aryl methyl sites for hydroxylation is 3. The fourth-order valence-electron chi connectivity index (χ4n) is 2.00. The SMILES string of the molecule is Cc1cc(CCCN(C)C)c(OCC(=O)O)c(C)n1. The molecule has 0 aromatic carbocycles. The number of hydrogen-bond donors (Lipinski definition) is 1. The Morgan fingerprint density at radius 3 is 2.68 bits per heavy atom. The Morgan fingerprint density at radius 2 is 2.11 bits per heavy atom. The molecule has 0 saturated heterocycles. The van der Waals surface area contributed by atoms with E-state index in [2.05, 4.69) is 9.88 Å². The van der Waals surface area contributed by atoms with Gasteiger partial charge in [-0.2, -0.15) is 0 Å². The zero-order chi connectivity index (χ0) is 14.4. The zero-order valence-electron chi connectivity index (χ0n) is 12.1. The Kier molecular flexibility index (Phi) is 5.76. The molecule has 0 fully saturated rings. The molecule has 0 atom stereocenters. The normalized spacial score (nSPS) is 10.8. The number of aromatic nitrogens is 1. The number of pyridine rings is 1. The van der Waals surface area contributed by atoms with Crippen LogP contribution in [-0.4, -0.2) is 48.2 Å². The highest BCUT2D eigenvalue weighted by Gasteiger charge is 2.11. The number of carboxylic acid groups (broad SMARTS) is 1. The minimum atomic E-state index is -0.973. The lowest BCUT2D eigenvalue weighted by Crippen LogP contribution is -2.15. The molecule has 0 spiro atoms. The average molecular weight is 266 g/mol. The van der Waals surface area contributed by atoms with E-state index in [-0.39, 0.29) is 6.61 Å². The van der Waals surface area contributed by atoms with Crippen LogP contribution >= 0.6 is 0 Å². The van der Waals surface area contributed by atoms with Crippen LogP contribution in [0.25, 0.3) is 0 Å². The van der Waals surface area contributed by atoms with Crippen LogP contribution in [0.3, 0.4) is 0 Å². The summed E-state index contributed by atoms with van der Waals surface area (Å²) in [6, 6.07) is 1.97. The van der Waals surface area contributed by atoms with Gasteiger partial charge >= 0.3 is 5.97 Å². The van der Waals surface area contributed by atoms with Crippen molar-refractivity contribution in [2.24, 2.45) is 0 Å². The fourth-order valence-corrected chi connectivity index (χ4v) is 2.00. The highest BCUT2D eigenvalue weighted by molar-refractivity contribution is 5.68. The van der Waals surface area contributed by atoms with Crippen LogP contribution in [0, 0.1) is 13.8 Å². The van der Waals surface area contributed by atoms with E-state index in [1.165, 1.54) is 0 Å². The van der Waals surface area contributed by atoms with E-state index in [4.69, 9.17) is 9.84 Å². The van der Waals surface area contributed by atoms with E-state index in [0.717, 1.165) is 36.3 Å². The Morgan fingerprint density at radius 1 is 1.42 bits per heavy atom. The van der Waals surface area contributed by atoms with E-state index in [1.807, 2.05) is 34.0 Å². The zero-order valence-corrected chi connectivity index (χ0v) is 12.1. The second-order valence-electron chi connectivity index (χ2n) is 4.93. The summed E-state index contributed by atoms with van der Waals surface area (Å²) in [5.74, 6) is -0.356. The summed E-state index contributed by atoms with van der Waals surface area (Å²) in [5, 5.41) is 8.71. The first kappa shape index (κ1) is 15.4. The van der Waals surface area contributed by atoms with Crippen LogP contribution in [0.4, 0.5) is 0 Å². The number of ether oxygens (including phenoxy) is 1. The molecular weight excluding hydrogens is 244 g/mol. The number of carboxylic acids is 1. The van der Waals surface area contributed by atoms with E-state index >= 15 is 0 Å². The van der Waals surface area contributed by atoms with Crippen LogP contribution in [0.1, 0.15) is 23.4 Å². The van der Waals surface area contributed by atoms with Gasteiger partial charge in [0.1, 0.15) is 5.75 Å². The lowest BCUT2D eigenvalue weighted by atomic mass is 10.1. The molecule has 0 bridgehead atoms. The third-order valence-corrected chi connectivity index (χ3v) is 2.74. The summed E-state index contributed by atoms with van der Waals surface area (Å²) in [4.78, 5) is 17.1. The van der Waals surface area contributed by atoms with Gasteiger partial charge in [0.2, 0.25) is 0 Å². The Hall–Kier alpha value is -1.62. The number of carbonyl (C=O) groups is 1. The second kappa shape index (κ2) is 7.09. The maximum Gasteiger partial charge on any atom is 0.341 e. The van der Waals surface area contributed by atoms with Crippen LogP contribution in [0.5, 0.6) is 5.75 Å². The van der Waals surface area contributed by atoms with Gasteiger partial charge in [-0.3, -0.25) is 4.98 Å². The van der Waals surface area contributed by atoms with Gasteiger partial charge in [0.25, 0.3) is 0 Å². The van der Waals surface area contributed by atoms with E-state index in [1.54, 1.807) is 0 Å². The van der Waals surface area contributed by atoms with Crippen molar-refractivity contribution in [2.75, 3.05) is 27.2 Å². The topological polar surface area (TPSA) is 62.7 Å². The lowest BCUT2D eigenvalue weighted by molar-refractivity contribution is -0.139. The average Bonchev–Trinajstić information content (AvgIpc) is 2.26. The van der Waals surface area contributed by atoms with E-state index in [0.29, 0.717) is 5.75 Å². The highest BCUT2D eigenvalue weighted by Crippen LogP contribution is 2.24. The summed E-state index contributed by atoms with van der Waals surface area (Å²) < 4.78 is 5.37. The minimum Gasteiger partial charge on any atom is -0.480 e. The first-order valence-corrected chi connectivity index (χ1v) is 6.36. The highest BCUT2D eigenvalue weighted by atomic mass is 16.5. The molecule has 0 aliphatic rings. The van der Waals surface area contributed by atoms with Crippen molar-refractivity contribution in [1.29, 1.82) is 0 Å². The molecule has 1 heterocycles. The number of hydrogen-bond acceptors (Lipinski definition) is 4. The Balaban J connectivity index is 2.83. The molecule has 106 valence electrons. The molecule has 1 aromatic rings. The molecule has 5 heteroatoms. The summed E-state index contributed by atoms with van der Waals surface area (Å²) in [7, 11) is 4.07. The number of nitrogens with zero attached hydrogens (tertiary/aromatic N) is 2. The molecule has 0 aliphatic carbocycles. The van der Waals surface area contributed by atoms with Crippen molar-refractivity contribution in [2.45, 2.75) is 26.7 Å². The second-order valence-corrected chi connectivity index (χ2v) is 4.93. The summed E-state index contributed by atoms with van der Waals surface area (Å²) in [6.07, 6.45) is 1.86. The summed E-state index contributed by atoms with van der Waals surface area (Å²) in [5.41, 5.74) is 2.72. The summed E-state index contributed by atoms with van der Waals surface area (Å²) >= 11 is 0. The van der Waals surface area contributed by atoms with Crippen molar-refractivity contribution in [3.63, 3.8) is 0 Å². The van der Waals surface area contributed by atoms with Gasteiger partial charge in [0.15, 0.2) is 6.61 Å². The fraction of sp³-hybridized carbons (Fsp3) is 0.571. The van der Waals surface area contributed by atoms with Crippen LogP contribution in [0.15, 0.2) is 6.07 Å². The van der Waals surface area contributed by atoms with Crippen LogP contribution in [0.2, 0.25) is 0 Å². The van der Waals surface area contributed by atoms with Crippen molar-refractivity contribution in [1.82, 2.24) is 9.88 Å².